The fourth-order valence-corrected chi connectivity index (χ4v) is 3.02. The number of benzene rings is 1. The average molecular weight is 400 g/mol. The van der Waals surface area contributed by atoms with Gasteiger partial charge in [0, 0.05) is 17.4 Å². The number of methoxy groups -OCH3 is 1. The van der Waals surface area contributed by atoms with Gasteiger partial charge in [0.05, 0.1) is 18.8 Å². The molecule has 1 aromatic carbocycles. The van der Waals surface area contributed by atoms with E-state index in [2.05, 4.69) is 16.9 Å². The van der Waals surface area contributed by atoms with E-state index in [1.807, 2.05) is 68.6 Å². The molecule has 6 heteroatoms. The molecule has 0 spiro atoms. The largest absolute Gasteiger partial charge is 0.496 e. The van der Waals surface area contributed by atoms with Crippen molar-refractivity contribution in [3.63, 3.8) is 0 Å². The number of nitrogens with zero attached hydrogens (tertiary/aromatic N) is 1. The molecule has 0 saturated carbocycles. The van der Waals surface area contributed by atoms with Crippen molar-refractivity contribution in [1.82, 2.24) is 4.98 Å². The number of rotatable bonds is 7. The minimum Gasteiger partial charge on any atom is -0.496 e. The highest BCUT2D eigenvalue weighted by molar-refractivity contribution is 7.13. The Hall–Kier alpha value is -2.70. The number of hydrogen-bond acceptors (Lipinski definition) is 5. The molecule has 2 aromatic rings. The molecular weight excluding hydrogens is 370 g/mol. The van der Waals surface area contributed by atoms with E-state index < -0.39 is 0 Å². The zero-order valence-corrected chi connectivity index (χ0v) is 17.8. The molecule has 1 heterocycles. The maximum absolute atomic E-state index is 10.8. The highest BCUT2D eigenvalue weighted by atomic mass is 32.1. The van der Waals surface area contributed by atoms with Gasteiger partial charge in [-0.05, 0) is 25.5 Å². The minimum absolute atomic E-state index is 0.0133. The number of carbonyl (C=O) groups excluding carboxylic acids is 1. The lowest BCUT2D eigenvalue weighted by Crippen LogP contribution is -2.13. The van der Waals surface area contributed by atoms with E-state index in [9.17, 15) is 4.79 Å². The Kier molecular flexibility index (Phi) is 10.5. The number of nitrogens with one attached hydrogen (secondary N) is 1. The number of para-hydroxylation sites is 1. The van der Waals surface area contributed by atoms with E-state index in [1.165, 1.54) is 11.3 Å². The van der Waals surface area contributed by atoms with Gasteiger partial charge in [0.15, 0.2) is 5.13 Å². The Bertz CT molecular complexity index is 825. The van der Waals surface area contributed by atoms with Crippen LogP contribution in [-0.4, -0.2) is 18.0 Å². The van der Waals surface area contributed by atoms with Crippen molar-refractivity contribution in [2.75, 3.05) is 12.4 Å². The Balaban J connectivity index is 0.000000307. The van der Waals surface area contributed by atoms with E-state index in [1.54, 1.807) is 13.2 Å². The first kappa shape index (κ1) is 23.3. The number of allylic oxidation sites excluding steroid dienone is 3. The number of carbonyl (C=O) groups is 1. The average Bonchev–Trinajstić information content (AvgIpc) is 3.12. The van der Waals surface area contributed by atoms with E-state index in [0.29, 0.717) is 11.6 Å². The molecule has 3 N–H and O–H groups in total. The summed E-state index contributed by atoms with van der Waals surface area (Å²) in [5, 5.41) is 5.28. The van der Waals surface area contributed by atoms with Gasteiger partial charge >= 0.3 is 0 Å². The van der Waals surface area contributed by atoms with Crippen LogP contribution in [0.1, 0.15) is 37.6 Å². The first-order valence-electron chi connectivity index (χ1n) is 9.02. The Morgan fingerprint density at radius 2 is 2.14 bits per heavy atom. The third kappa shape index (κ3) is 7.50. The number of thiazole rings is 1. The third-order valence-corrected chi connectivity index (χ3v) is 4.56. The molecule has 1 amide bonds. The summed E-state index contributed by atoms with van der Waals surface area (Å²) < 4.78 is 5.32. The number of anilines is 1. The van der Waals surface area contributed by atoms with Crippen LogP contribution in [0, 0.1) is 6.92 Å². The van der Waals surface area contributed by atoms with Gasteiger partial charge in [-0.2, -0.15) is 0 Å². The third-order valence-electron chi connectivity index (χ3n) is 3.69. The predicted octanol–water partition coefficient (Wildman–Crippen LogP) is 5.18. The first-order chi connectivity index (χ1) is 13.5. The van der Waals surface area contributed by atoms with Gasteiger partial charge in [-0.25, -0.2) is 4.98 Å². The number of amides is 1. The molecule has 0 aliphatic rings. The molecule has 5 nitrogen and oxygen atoms in total. The van der Waals surface area contributed by atoms with Crippen LogP contribution in [0.15, 0.2) is 66.1 Å². The maximum Gasteiger partial charge on any atom is 0.225 e. The number of aryl methyl sites for hydroxylation is 1. The van der Waals surface area contributed by atoms with E-state index in [0.717, 1.165) is 22.6 Å². The van der Waals surface area contributed by atoms with Crippen molar-refractivity contribution in [1.29, 1.82) is 0 Å². The molecule has 1 unspecified atom stereocenters. The zero-order chi connectivity index (χ0) is 20.9. The van der Waals surface area contributed by atoms with Crippen molar-refractivity contribution < 1.29 is 9.53 Å². The summed E-state index contributed by atoms with van der Waals surface area (Å²) in [5.41, 5.74) is 9.17. The van der Waals surface area contributed by atoms with Gasteiger partial charge in [0.2, 0.25) is 5.91 Å². The number of nitrogens with two attached hydrogens (primary N) is 1. The lowest BCUT2D eigenvalue weighted by Gasteiger charge is -2.16. The molecule has 2 rings (SSSR count). The van der Waals surface area contributed by atoms with E-state index >= 15 is 0 Å². The molecule has 0 radical (unpaired) electrons. The fourth-order valence-electron chi connectivity index (χ4n) is 2.31. The predicted molar refractivity (Wildman–Crippen MR) is 119 cm³/mol. The van der Waals surface area contributed by atoms with Crippen molar-refractivity contribution in [2.24, 2.45) is 5.73 Å². The Labute approximate surface area is 171 Å². The molecule has 1 atom stereocenters. The summed E-state index contributed by atoms with van der Waals surface area (Å²) in [7, 11) is 1.65. The van der Waals surface area contributed by atoms with E-state index in [4.69, 9.17) is 10.5 Å². The SMILES string of the molecule is C=C/C=C(\C=C/C)C(N)c1ccccc1OC.CCC(=O)Nc1nc(C)cs1. The molecular formula is C22H29N3O2S. The smallest absolute Gasteiger partial charge is 0.225 e. The van der Waals surface area contributed by atoms with Crippen molar-refractivity contribution in [3.8, 4) is 5.75 Å². The minimum atomic E-state index is -0.208. The van der Waals surface area contributed by atoms with Crippen LogP contribution in [0.4, 0.5) is 5.13 Å². The molecule has 0 aliphatic heterocycles. The van der Waals surface area contributed by atoms with Crippen molar-refractivity contribution >= 4 is 22.4 Å². The van der Waals surface area contributed by atoms with Crippen LogP contribution in [-0.2, 0) is 4.79 Å². The molecule has 150 valence electrons. The van der Waals surface area contributed by atoms with Gasteiger partial charge in [-0.3, -0.25) is 4.79 Å². The first-order valence-corrected chi connectivity index (χ1v) is 9.90. The maximum atomic E-state index is 10.8. The summed E-state index contributed by atoms with van der Waals surface area (Å²) in [5.74, 6) is 0.818. The summed E-state index contributed by atoms with van der Waals surface area (Å²) in [6.07, 6.45) is 8.10. The van der Waals surface area contributed by atoms with Crippen LogP contribution in [0.5, 0.6) is 5.75 Å². The topological polar surface area (TPSA) is 77.2 Å². The van der Waals surface area contributed by atoms with Crippen molar-refractivity contribution in [3.05, 3.63) is 77.4 Å². The van der Waals surface area contributed by atoms with Crippen LogP contribution in [0.3, 0.4) is 0 Å². The molecule has 0 fully saturated rings. The fraction of sp³-hybridized carbons (Fsp3) is 0.273. The Morgan fingerprint density at radius 1 is 1.43 bits per heavy atom. The number of aromatic nitrogens is 1. The highest BCUT2D eigenvalue weighted by Gasteiger charge is 2.13. The Morgan fingerprint density at radius 3 is 2.68 bits per heavy atom. The lowest BCUT2D eigenvalue weighted by atomic mass is 9.98. The second-order valence-electron chi connectivity index (χ2n) is 5.82. The van der Waals surface area contributed by atoms with Gasteiger partial charge in [0.25, 0.3) is 0 Å². The summed E-state index contributed by atoms with van der Waals surface area (Å²) in [4.78, 5) is 14.9. The van der Waals surface area contributed by atoms with Crippen LogP contribution in [0.2, 0.25) is 0 Å². The second-order valence-corrected chi connectivity index (χ2v) is 6.68. The standard InChI is InChI=1S/C15H19NO.C7H10N2OS/c1-4-8-12(9-5-2)15(16)13-10-6-7-11-14(13)17-3;1-3-6(10)9-7-8-5(2)4-11-7/h4-11,15H,1,16H2,2-3H3;4H,3H2,1-2H3,(H,8,9,10)/b9-5-,12-8+;. The molecule has 28 heavy (non-hydrogen) atoms. The van der Waals surface area contributed by atoms with E-state index in [-0.39, 0.29) is 11.9 Å². The lowest BCUT2D eigenvalue weighted by molar-refractivity contribution is -0.115. The highest BCUT2D eigenvalue weighted by Crippen LogP contribution is 2.28. The molecule has 0 aliphatic carbocycles. The quantitative estimate of drug-likeness (QED) is 0.629. The van der Waals surface area contributed by atoms with Gasteiger partial charge in [-0.15, -0.1) is 11.3 Å². The molecule has 1 aromatic heterocycles. The van der Waals surface area contributed by atoms with Crippen molar-refractivity contribution in [2.45, 2.75) is 33.2 Å². The summed E-state index contributed by atoms with van der Waals surface area (Å²) in [6.45, 7) is 9.38. The number of hydrogen-bond donors (Lipinski definition) is 2. The van der Waals surface area contributed by atoms with Crippen LogP contribution < -0.4 is 15.8 Å². The molecule has 0 saturated heterocycles. The summed E-state index contributed by atoms with van der Waals surface area (Å²) in [6, 6.07) is 7.57. The summed E-state index contributed by atoms with van der Waals surface area (Å²) >= 11 is 1.45. The van der Waals surface area contributed by atoms with Gasteiger partial charge in [0.1, 0.15) is 5.75 Å². The number of ether oxygens (including phenoxy) is 1. The zero-order valence-electron chi connectivity index (χ0n) is 16.9. The van der Waals surface area contributed by atoms with Crippen LogP contribution in [0.25, 0.3) is 0 Å². The van der Waals surface area contributed by atoms with Crippen LogP contribution >= 0.6 is 11.3 Å². The molecule has 0 bridgehead atoms. The monoisotopic (exact) mass is 399 g/mol. The van der Waals surface area contributed by atoms with Gasteiger partial charge < -0.3 is 15.8 Å². The normalized spacial score (nSPS) is 12.1. The second kappa shape index (κ2) is 12.6. The van der Waals surface area contributed by atoms with Gasteiger partial charge in [-0.1, -0.05) is 56.0 Å².